The molecule has 0 radical (unpaired) electrons. The van der Waals surface area contributed by atoms with Crippen molar-refractivity contribution in [2.24, 2.45) is 5.92 Å². The summed E-state index contributed by atoms with van der Waals surface area (Å²) in [5.74, 6) is 2.20. The van der Waals surface area contributed by atoms with E-state index in [1.54, 1.807) is 7.05 Å². The molecule has 0 bridgehead atoms. The maximum absolute atomic E-state index is 9.16. The van der Waals surface area contributed by atoms with E-state index in [4.69, 9.17) is 10.8 Å². The molecular formula is C10H17N5O. The highest BCUT2D eigenvalue weighted by molar-refractivity contribution is 5.50. The van der Waals surface area contributed by atoms with Crippen LogP contribution >= 0.6 is 0 Å². The zero-order valence-corrected chi connectivity index (χ0v) is 9.27. The molecule has 0 aromatic carbocycles. The van der Waals surface area contributed by atoms with Crippen molar-refractivity contribution in [2.75, 3.05) is 30.0 Å². The van der Waals surface area contributed by atoms with Crippen LogP contribution in [-0.2, 0) is 0 Å². The largest absolute Gasteiger partial charge is 0.393 e. The molecule has 88 valence electrons. The summed E-state index contributed by atoms with van der Waals surface area (Å²) in [5, 5.41) is 15.3. The molecule has 0 spiro atoms. The van der Waals surface area contributed by atoms with Gasteiger partial charge in [-0.25, -0.2) is 0 Å². The lowest BCUT2D eigenvalue weighted by Crippen LogP contribution is -2.33. The average Bonchev–Trinajstić information content (AvgIpc) is 2.22. The first kappa shape index (κ1) is 10.9. The summed E-state index contributed by atoms with van der Waals surface area (Å²) >= 11 is 0. The maximum atomic E-state index is 9.16. The molecule has 1 aliphatic carbocycles. The van der Waals surface area contributed by atoms with Crippen LogP contribution < -0.4 is 16.4 Å². The van der Waals surface area contributed by atoms with Gasteiger partial charge in [-0.05, 0) is 18.8 Å². The zero-order valence-electron chi connectivity index (χ0n) is 9.27. The molecule has 1 heterocycles. The molecular weight excluding hydrogens is 206 g/mol. The molecule has 1 aromatic rings. The minimum Gasteiger partial charge on any atom is -0.393 e. The van der Waals surface area contributed by atoms with Crippen LogP contribution in [0.15, 0.2) is 6.07 Å². The van der Waals surface area contributed by atoms with Gasteiger partial charge >= 0.3 is 0 Å². The standard InChI is InChI=1S/C10H17N5O/c1-12-8-4-9(15-10(11)14-8)13-5-6-2-7(16)3-6/h4,6-7,16H,2-3,5H2,1H3,(H4,11,12,13,14,15). The molecule has 0 aliphatic heterocycles. The predicted molar refractivity (Wildman–Crippen MR) is 63.2 cm³/mol. The lowest BCUT2D eigenvalue weighted by atomic mass is 9.82. The minimum atomic E-state index is -0.116. The molecule has 1 aliphatic rings. The number of hydrogen-bond donors (Lipinski definition) is 4. The molecule has 6 nitrogen and oxygen atoms in total. The monoisotopic (exact) mass is 223 g/mol. The Balaban J connectivity index is 1.90. The van der Waals surface area contributed by atoms with E-state index in [0.29, 0.717) is 11.7 Å². The number of nitrogens with one attached hydrogen (secondary N) is 2. The Hall–Kier alpha value is -1.56. The van der Waals surface area contributed by atoms with E-state index in [1.807, 2.05) is 6.07 Å². The second-order valence-corrected chi connectivity index (χ2v) is 4.12. The Morgan fingerprint density at radius 2 is 2.12 bits per heavy atom. The van der Waals surface area contributed by atoms with Crippen molar-refractivity contribution in [2.45, 2.75) is 18.9 Å². The van der Waals surface area contributed by atoms with E-state index in [0.717, 1.165) is 25.2 Å². The Morgan fingerprint density at radius 3 is 2.75 bits per heavy atom. The van der Waals surface area contributed by atoms with Crippen LogP contribution in [0, 0.1) is 5.92 Å². The minimum absolute atomic E-state index is 0.116. The number of nitrogens with zero attached hydrogens (tertiary/aromatic N) is 2. The second kappa shape index (κ2) is 4.52. The number of aromatic nitrogens is 2. The van der Waals surface area contributed by atoms with E-state index >= 15 is 0 Å². The van der Waals surface area contributed by atoms with Gasteiger partial charge in [0, 0.05) is 19.7 Å². The van der Waals surface area contributed by atoms with Gasteiger partial charge in [-0.1, -0.05) is 0 Å². The third-order valence-electron chi connectivity index (χ3n) is 2.78. The van der Waals surface area contributed by atoms with Crippen molar-refractivity contribution in [1.29, 1.82) is 0 Å². The Labute approximate surface area is 94.3 Å². The molecule has 6 heteroatoms. The van der Waals surface area contributed by atoms with Crippen molar-refractivity contribution in [3.63, 3.8) is 0 Å². The van der Waals surface area contributed by atoms with Gasteiger partial charge in [0.25, 0.3) is 0 Å². The maximum Gasteiger partial charge on any atom is 0.223 e. The summed E-state index contributed by atoms with van der Waals surface area (Å²) < 4.78 is 0. The van der Waals surface area contributed by atoms with Gasteiger partial charge in [0.2, 0.25) is 5.95 Å². The summed E-state index contributed by atoms with van der Waals surface area (Å²) in [5.41, 5.74) is 5.57. The van der Waals surface area contributed by atoms with Crippen molar-refractivity contribution in [3.8, 4) is 0 Å². The number of aliphatic hydroxyl groups excluding tert-OH is 1. The number of aliphatic hydroxyl groups is 1. The van der Waals surface area contributed by atoms with Gasteiger partial charge in [0.15, 0.2) is 0 Å². The van der Waals surface area contributed by atoms with Gasteiger partial charge in [-0.3, -0.25) is 0 Å². The van der Waals surface area contributed by atoms with Crippen LogP contribution in [0.25, 0.3) is 0 Å². The average molecular weight is 223 g/mol. The van der Waals surface area contributed by atoms with Crippen molar-refractivity contribution < 1.29 is 5.11 Å². The molecule has 0 saturated heterocycles. The van der Waals surface area contributed by atoms with E-state index in [2.05, 4.69) is 20.6 Å². The third-order valence-corrected chi connectivity index (χ3v) is 2.78. The molecule has 0 atom stereocenters. The molecule has 1 aromatic heterocycles. The SMILES string of the molecule is CNc1cc(NCC2CC(O)C2)nc(N)n1. The zero-order chi connectivity index (χ0) is 11.5. The number of rotatable bonds is 4. The van der Waals surface area contributed by atoms with Crippen LogP contribution in [0.1, 0.15) is 12.8 Å². The molecule has 1 fully saturated rings. The number of hydrogen-bond acceptors (Lipinski definition) is 6. The van der Waals surface area contributed by atoms with Crippen molar-refractivity contribution >= 4 is 17.6 Å². The first-order valence-corrected chi connectivity index (χ1v) is 5.41. The molecule has 0 amide bonds. The van der Waals surface area contributed by atoms with E-state index in [1.165, 1.54) is 0 Å². The molecule has 2 rings (SSSR count). The number of anilines is 3. The summed E-state index contributed by atoms with van der Waals surface area (Å²) in [6.07, 6.45) is 1.62. The van der Waals surface area contributed by atoms with Gasteiger partial charge < -0.3 is 21.5 Å². The highest BCUT2D eigenvalue weighted by atomic mass is 16.3. The van der Waals surface area contributed by atoms with Crippen molar-refractivity contribution in [1.82, 2.24) is 9.97 Å². The fourth-order valence-electron chi connectivity index (χ4n) is 1.80. The molecule has 1 saturated carbocycles. The van der Waals surface area contributed by atoms with Crippen LogP contribution in [0.5, 0.6) is 0 Å². The van der Waals surface area contributed by atoms with Crippen LogP contribution in [0.3, 0.4) is 0 Å². The number of nitrogen functional groups attached to an aromatic ring is 1. The Bertz CT molecular complexity index is 364. The first-order valence-electron chi connectivity index (χ1n) is 5.41. The fraction of sp³-hybridized carbons (Fsp3) is 0.600. The van der Waals surface area contributed by atoms with Gasteiger partial charge in [0.05, 0.1) is 6.10 Å². The van der Waals surface area contributed by atoms with E-state index < -0.39 is 0 Å². The molecule has 16 heavy (non-hydrogen) atoms. The molecule has 0 unspecified atom stereocenters. The summed E-state index contributed by atoms with van der Waals surface area (Å²) in [7, 11) is 1.79. The topological polar surface area (TPSA) is 96.1 Å². The van der Waals surface area contributed by atoms with Crippen LogP contribution in [0.2, 0.25) is 0 Å². The first-order chi connectivity index (χ1) is 7.67. The Morgan fingerprint density at radius 1 is 1.44 bits per heavy atom. The van der Waals surface area contributed by atoms with Crippen LogP contribution in [0.4, 0.5) is 17.6 Å². The highest BCUT2D eigenvalue weighted by Gasteiger charge is 2.26. The summed E-state index contributed by atoms with van der Waals surface area (Å²) in [6, 6.07) is 1.81. The second-order valence-electron chi connectivity index (χ2n) is 4.12. The fourth-order valence-corrected chi connectivity index (χ4v) is 1.80. The van der Waals surface area contributed by atoms with E-state index in [9.17, 15) is 0 Å². The third kappa shape index (κ3) is 2.52. The smallest absolute Gasteiger partial charge is 0.223 e. The lowest BCUT2D eigenvalue weighted by molar-refractivity contribution is 0.0486. The highest BCUT2D eigenvalue weighted by Crippen LogP contribution is 2.27. The summed E-state index contributed by atoms with van der Waals surface area (Å²) in [4.78, 5) is 8.09. The summed E-state index contributed by atoms with van der Waals surface area (Å²) in [6.45, 7) is 0.816. The normalized spacial score (nSPS) is 23.6. The van der Waals surface area contributed by atoms with Gasteiger partial charge in [-0.2, -0.15) is 9.97 Å². The number of nitrogens with two attached hydrogens (primary N) is 1. The predicted octanol–water partition coefficient (Wildman–Crippen LogP) is 0.283. The Kier molecular flexibility index (Phi) is 3.09. The van der Waals surface area contributed by atoms with Gasteiger partial charge in [-0.15, -0.1) is 0 Å². The van der Waals surface area contributed by atoms with Gasteiger partial charge in [0.1, 0.15) is 11.6 Å². The van der Waals surface area contributed by atoms with Crippen LogP contribution in [-0.4, -0.2) is 34.8 Å². The lowest BCUT2D eigenvalue weighted by Gasteiger charge is -2.31. The molecule has 5 N–H and O–H groups in total. The van der Waals surface area contributed by atoms with Crippen molar-refractivity contribution in [3.05, 3.63) is 6.07 Å². The quantitative estimate of drug-likeness (QED) is 0.585. The van der Waals surface area contributed by atoms with E-state index in [-0.39, 0.29) is 12.1 Å².